The number of pyridine rings is 1. The number of carboxylic acid groups (broad SMARTS) is 1. The van der Waals surface area contributed by atoms with Gasteiger partial charge in [-0.1, -0.05) is 6.07 Å². The third-order valence-electron chi connectivity index (χ3n) is 2.18. The predicted octanol–water partition coefficient (Wildman–Crippen LogP) is -0.424. The fourth-order valence-corrected chi connectivity index (χ4v) is 1.10. The molecule has 1 atom stereocenters. The molecule has 0 aliphatic carbocycles. The molecule has 6 heteroatoms. The fourth-order valence-electron chi connectivity index (χ4n) is 1.10. The monoisotopic (exact) mass is 238 g/mol. The predicted molar refractivity (Wildman–Crippen MR) is 59.2 cm³/mol. The summed E-state index contributed by atoms with van der Waals surface area (Å²) in [4.78, 5) is 25.9. The van der Waals surface area contributed by atoms with Crippen molar-refractivity contribution in [1.29, 1.82) is 0 Å². The van der Waals surface area contributed by atoms with Crippen LogP contribution < -0.4 is 5.32 Å². The molecule has 1 heterocycles. The normalized spacial score (nSPS) is 13.8. The Labute approximate surface area is 98.3 Å². The van der Waals surface area contributed by atoms with E-state index in [2.05, 4.69) is 10.3 Å². The van der Waals surface area contributed by atoms with Gasteiger partial charge in [0.2, 0.25) is 5.91 Å². The van der Waals surface area contributed by atoms with Crippen molar-refractivity contribution in [2.45, 2.75) is 18.9 Å². The Kier molecular flexibility index (Phi) is 4.17. The first-order chi connectivity index (χ1) is 7.92. The van der Waals surface area contributed by atoms with Gasteiger partial charge in [-0.3, -0.25) is 9.78 Å². The molecule has 1 aromatic rings. The number of nitrogens with one attached hydrogen (secondary N) is 1. The first kappa shape index (κ1) is 13.1. The van der Waals surface area contributed by atoms with Gasteiger partial charge in [0.1, 0.15) is 0 Å². The highest BCUT2D eigenvalue weighted by Crippen LogP contribution is 2.02. The van der Waals surface area contributed by atoms with E-state index >= 15 is 0 Å². The number of carboxylic acids is 1. The number of hydrogen-bond donors (Lipinski definition) is 3. The van der Waals surface area contributed by atoms with Gasteiger partial charge in [0, 0.05) is 12.4 Å². The van der Waals surface area contributed by atoms with E-state index in [1.165, 1.54) is 0 Å². The van der Waals surface area contributed by atoms with Crippen LogP contribution in [0.4, 0.5) is 0 Å². The van der Waals surface area contributed by atoms with Crippen molar-refractivity contribution in [1.82, 2.24) is 10.3 Å². The van der Waals surface area contributed by atoms with Crippen LogP contribution in [0.5, 0.6) is 0 Å². The van der Waals surface area contributed by atoms with Crippen molar-refractivity contribution in [3.63, 3.8) is 0 Å². The van der Waals surface area contributed by atoms with Crippen LogP contribution in [0.15, 0.2) is 24.5 Å². The van der Waals surface area contributed by atoms with Crippen LogP contribution in [0, 0.1) is 0 Å². The Morgan fingerprint density at radius 3 is 2.76 bits per heavy atom. The SMILES string of the molecule is CC(O)(CNC(=O)Cc1cccnc1)C(=O)O. The summed E-state index contributed by atoms with van der Waals surface area (Å²) in [6, 6.07) is 3.44. The summed E-state index contributed by atoms with van der Waals surface area (Å²) in [6.07, 6.45) is 3.25. The largest absolute Gasteiger partial charge is 0.479 e. The van der Waals surface area contributed by atoms with Gasteiger partial charge in [-0.15, -0.1) is 0 Å². The molecule has 0 aromatic carbocycles. The van der Waals surface area contributed by atoms with Crippen molar-refractivity contribution in [3.05, 3.63) is 30.1 Å². The molecule has 0 saturated carbocycles. The summed E-state index contributed by atoms with van der Waals surface area (Å²) in [5, 5.41) is 20.4. The lowest BCUT2D eigenvalue weighted by atomic mass is 10.1. The second-order valence-electron chi connectivity index (χ2n) is 3.89. The lowest BCUT2D eigenvalue weighted by Gasteiger charge is -2.18. The highest BCUT2D eigenvalue weighted by atomic mass is 16.4. The second kappa shape index (κ2) is 5.40. The van der Waals surface area contributed by atoms with Gasteiger partial charge in [-0.05, 0) is 18.6 Å². The van der Waals surface area contributed by atoms with Crippen LogP contribution in [0.2, 0.25) is 0 Å². The van der Waals surface area contributed by atoms with E-state index in [1.54, 1.807) is 24.5 Å². The smallest absolute Gasteiger partial charge is 0.337 e. The molecule has 0 spiro atoms. The summed E-state index contributed by atoms with van der Waals surface area (Å²) < 4.78 is 0. The Morgan fingerprint density at radius 1 is 1.53 bits per heavy atom. The lowest BCUT2D eigenvalue weighted by molar-refractivity contribution is -0.156. The number of aromatic nitrogens is 1. The Morgan fingerprint density at radius 2 is 2.24 bits per heavy atom. The molecule has 0 fully saturated rings. The minimum Gasteiger partial charge on any atom is -0.479 e. The van der Waals surface area contributed by atoms with Gasteiger partial charge < -0.3 is 15.5 Å². The van der Waals surface area contributed by atoms with Crippen molar-refractivity contribution in [2.24, 2.45) is 0 Å². The molecule has 1 aromatic heterocycles. The number of carbonyl (C=O) groups excluding carboxylic acids is 1. The molecular weight excluding hydrogens is 224 g/mol. The number of aliphatic hydroxyl groups is 1. The van der Waals surface area contributed by atoms with Crippen LogP contribution in [-0.4, -0.2) is 39.2 Å². The summed E-state index contributed by atoms with van der Waals surface area (Å²) >= 11 is 0. The van der Waals surface area contributed by atoms with Gasteiger partial charge in [-0.2, -0.15) is 0 Å². The van der Waals surface area contributed by atoms with E-state index < -0.39 is 11.6 Å². The number of aliphatic carboxylic acids is 1. The van der Waals surface area contributed by atoms with Crippen LogP contribution in [-0.2, 0) is 16.0 Å². The quantitative estimate of drug-likeness (QED) is 0.646. The molecule has 0 saturated heterocycles. The number of hydrogen-bond acceptors (Lipinski definition) is 4. The van der Waals surface area contributed by atoms with Crippen molar-refractivity contribution in [2.75, 3.05) is 6.54 Å². The lowest BCUT2D eigenvalue weighted by Crippen LogP contribution is -2.46. The molecule has 1 rings (SSSR count). The minimum absolute atomic E-state index is 0.101. The van der Waals surface area contributed by atoms with E-state index in [9.17, 15) is 14.7 Å². The zero-order chi connectivity index (χ0) is 12.9. The molecule has 1 unspecified atom stereocenters. The number of carbonyl (C=O) groups is 2. The van der Waals surface area contributed by atoms with E-state index in [0.717, 1.165) is 12.5 Å². The highest BCUT2D eigenvalue weighted by molar-refractivity contribution is 5.81. The van der Waals surface area contributed by atoms with Gasteiger partial charge in [0.25, 0.3) is 0 Å². The van der Waals surface area contributed by atoms with Crippen molar-refractivity contribution in [3.8, 4) is 0 Å². The zero-order valence-corrected chi connectivity index (χ0v) is 9.38. The van der Waals surface area contributed by atoms with Crippen LogP contribution in [0.1, 0.15) is 12.5 Å². The molecular formula is C11H14N2O4. The molecule has 0 bridgehead atoms. The van der Waals surface area contributed by atoms with E-state index in [-0.39, 0.29) is 18.9 Å². The highest BCUT2D eigenvalue weighted by Gasteiger charge is 2.30. The number of amides is 1. The third kappa shape index (κ3) is 4.20. The Balaban J connectivity index is 2.44. The second-order valence-corrected chi connectivity index (χ2v) is 3.89. The Bertz CT molecular complexity index is 403. The first-order valence-corrected chi connectivity index (χ1v) is 5.03. The maximum atomic E-state index is 11.4. The molecule has 0 radical (unpaired) electrons. The molecule has 1 amide bonds. The molecule has 0 aliphatic heterocycles. The summed E-state index contributed by atoms with van der Waals surface area (Å²) in [5.74, 6) is -1.74. The van der Waals surface area contributed by atoms with Crippen molar-refractivity contribution < 1.29 is 19.8 Å². The molecule has 6 nitrogen and oxygen atoms in total. The van der Waals surface area contributed by atoms with Gasteiger partial charge in [0.05, 0.1) is 13.0 Å². The topological polar surface area (TPSA) is 99.5 Å². The van der Waals surface area contributed by atoms with Gasteiger partial charge in [0.15, 0.2) is 5.60 Å². The zero-order valence-electron chi connectivity index (χ0n) is 9.38. The van der Waals surface area contributed by atoms with Crippen LogP contribution in [0.3, 0.4) is 0 Å². The summed E-state index contributed by atoms with van der Waals surface area (Å²) in [7, 11) is 0. The van der Waals surface area contributed by atoms with E-state index in [4.69, 9.17) is 5.11 Å². The average Bonchev–Trinajstić information content (AvgIpc) is 2.28. The number of nitrogens with zero attached hydrogens (tertiary/aromatic N) is 1. The first-order valence-electron chi connectivity index (χ1n) is 5.03. The standard InChI is InChI=1S/C11H14N2O4/c1-11(17,10(15)16)7-13-9(14)5-8-3-2-4-12-6-8/h2-4,6,17H,5,7H2,1H3,(H,13,14)(H,15,16). The van der Waals surface area contributed by atoms with Gasteiger partial charge >= 0.3 is 5.97 Å². The maximum absolute atomic E-state index is 11.4. The fraction of sp³-hybridized carbons (Fsp3) is 0.364. The number of rotatable bonds is 5. The van der Waals surface area contributed by atoms with Crippen LogP contribution in [0.25, 0.3) is 0 Å². The molecule has 3 N–H and O–H groups in total. The average molecular weight is 238 g/mol. The van der Waals surface area contributed by atoms with Gasteiger partial charge in [-0.25, -0.2) is 4.79 Å². The van der Waals surface area contributed by atoms with E-state index in [0.29, 0.717) is 0 Å². The van der Waals surface area contributed by atoms with Crippen LogP contribution >= 0.6 is 0 Å². The third-order valence-corrected chi connectivity index (χ3v) is 2.18. The molecule has 17 heavy (non-hydrogen) atoms. The summed E-state index contributed by atoms with van der Waals surface area (Å²) in [6.45, 7) is 0.793. The molecule has 92 valence electrons. The van der Waals surface area contributed by atoms with Crippen molar-refractivity contribution >= 4 is 11.9 Å². The van der Waals surface area contributed by atoms with E-state index in [1.807, 2.05) is 0 Å². The minimum atomic E-state index is -1.95. The molecule has 0 aliphatic rings. The maximum Gasteiger partial charge on any atom is 0.337 e. The summed E-state index contributed by atoms with van der Waals surface area (Å²) in [5.41, 5.74) is -1.23. The Hall–Kier alpha value is -1.95.